The third kappa shape index (κ3) is 1.88. The molecule has 1 aromatic carbocycles. The predicted octanol–water partition coefficient (Wildman–Crippen LogP) is 2.27. The van der Waals surface area contributed by atoms with Crippen molar-refractivity contribution >= 4 is 17.7 Å². The van der Waals surface area contributed by atoms with E-state index in [1.807, 2.05) is 0 Å². The fourth-order valence-electron chi connectivity index (χ4n) is 3.05. The van der Waals surface area contributed by atoms with Crippen molar-refractivity contribution in [1.29, 1.82) is 0 Å². The van der Waals surface area contributed by atoms with Gasteiger partial charge in [-0.1, -0.05) is 31.1 Å². The first kappa shape index (κ1) is 15.9. The first-order valence-electron chi connectivity index (χ1n) is 6.85. The van der Waals surface area contributed by atoms with E-state index in [1.54, 1.807) is 13.8 Å². The van der Waals surface area contributed by atoms with Crippen LogP contribution in [0.15, 0.2) is 29.4 Å². The highest BCUT2D eigenvalue weighted by Crippen LogP contribution is 2.49. The van der Waals surface area contributed by atoms with Crippen LogP contribution in [0.1, 0.15) is 32.3 Å². The van der Waals surface area contributed by atoms with Crippen molar-refractivity contribution < 1.29 is 29.0 Å². The number of hydrogen-bond acceptors (Lipinski definition) is 4. The summed E-state index contributed by atoms with van der Waals surface area (Å²) in [6.07, 6.45) is 0.386. The number of benzene rings is 1. The third-order valence-corrected chi connectivity index (χ3v) is 4.33. The van der Waals surface area contributed by atoms with E-state index < -0.39 is 28.8 Å². The summed E-state index contributed by atoms with van der Waals surface area (Å²) in [6.45, 7) is 3.36. The van der Waals surface area contributed by atoms with Crippen molar-refractivity contribution in [2.75, 3.05) is 0 Å². The fraction of sp³-hybridized carbons (Fsp3) is 0.400. The Bertz CT molecular complexity index is 620. The van der Waals surface area contributed by atoms with Crippen LogP contribution in [0.5, 0.6) is 0 Å². The fourth-order valence-corrected chi connectivity index (χ4v) is 3.05. The zero-order valence-corrected chi connectivity index (χ0v) is 12.2. The molecular formula is C15H16FNO5. The second kappa shape index (κ2) is 5.40. The number of aliphatic carboxylic acids is 2. The molecule has 0 spiro atoms. The lowest BCUT2D eigenvalue weighted by Gasteiger charge is -2.36. The normalized spacial score (nSPS) is 18.4. The van der Waals surface area contributed by atoms with Gasteiger partial charge in [-0.05, 0) is 25.0 Å². The summed E-state index contributed by atoms with van der Waals surface area (Å²) in [7, 11) is 0. The van der Waals surface area contributed by atoms with Crippen LogP contribution in [0.3, 0.4) is 0 Å². The first-order chi connectivity index (χ1) is 10.4. The zero-order chi connectivity index (χ0) is 16.5. The van der Waals surface area contributed by atoms with Crippen molar-refractivity contribution in [3.63, 3.8) is 0 Å². The minimum atomic E-state index is -2.49. The average Bonchev–Trinajstić information content (AvgIpc) is 2.84. The van der Waals surface area contributed by atoms with Gasteiger partial charge in [0.25, 0.3) is 0 Å². The van der Waals surface area contributed by atoms with Gasteiger partial charge in [0.05, 0.1) is 11.1 Å². The average molecular weight is 309 g/mol. The number of carboxylic acid groups (broad SMARTS) is 2. The molecule has 0 unspecified atom stereocenters. The summed E-state index contributed by atoms with van der Waals surface area (Å²) in [4.78, 5) is 28.3. The zero-order valence-electron chi connectivity index (χ0n) is 12.2. The Balaban J connectivity index is 2.65. The highest BCUT2D eigenvalue weighted by molar-refractivity contribution is 6.16. The van der Waals surface area contributed by atoms with E-state index in [0.29, 0.717) is 5.56 Å². The summed E-state index contributed by atoms with van der Waals surface area (Å²) in [6, 6.07) is 5.26. The van der Waals surface area contributed by atoms with Gasteiger partial charge in [0.1, 0.15) is 5.82 Å². The lowest BCUT2D eigenvalue weighted by atomic mass is 9.64. The van der Waals surface area contributed by atoms with Crippen molar-refractivity contribution in [2.45, 2.75) is 32.3 Å². The number of oxime groups is 1. The molecule has 1 aliphatic rings. The molecular weight excluding hydrogens is 293 g/mol. The lowest BCUT2D eigenvalue weighted by molar-refractivity contribution is -0.192. The Morgan fingerprint density at radius 2 is 1.64 bits per heavy atom. The summed E-state index contributed by atoms with van der Waals surface area (Å²) in [5, 5.41) is 22.8. The molecule has 0 atom stereocenters. The molecule has 118 valence electrons. The second-order valence-corrected chi connectivity index (χ2v) is 5.12. The van der Waals surface area contributed by atoms with E-state index in [1.165, 1.54) is 24.3 Å². The van der Waals surface area contributed by atoms with E-state index in [0.717, 1.165) is 0 Å². The number of carbonyl (C=O) groups is 2. The van der Waals surface area contributed by atoms with Gasteiger partial charge in [-0.3, -0.25) is 0 Å². The molecule has 22 heavy (non-hydrogen) atoms. The monoisotopic (exact) mass is 309 g/mol. The molecule has 1 heterocycles. The Morgan fingerprint density at radius 1 is 1.14 bits per heavy atom. The van der Waals surface area contributed by atoms with Gasteiger partial charge in [0.2, 0.25) is 0 Å². The molecule has 1 aromatic rings. The van der Waals surface area contributed by atoms with E-state index in [2.05, 4.69) is 5.16 Å². The molecule has 2 N–H and O–H groups in total. The molecule has 1 aliphatic heterocycles. The van der Waals surface area contributed by atoms with Crippen LogP contribution in [0.4, 0.5) is 4.39 Å². The Kier molecular flexibility index (Phi) is 3.91. The Labute approximate surface area is 126 Å². The summed E-state index contributed by atoms with van der Waals surface area (Å²) >= 11 is 0. The van der Waals surface area contributed by atoms with Gasteiger partial charge < -0.3 is 15.1 Å². The first-order valence-corrected chi connectivity index (χ1v) is 6.85. The number of halogens is 1. The number of hydrogen-bond donors (Lipinski definition) is 2. The van der Waals surface area contributed by atoms with Crippen LogP contribution < -0.4 is 0 Å². The van der Waals surface area contributed by atoms with Gasteiger partial charge in [0.15, 0.2) is 0 Å². The maximum absolute atomic E-state index is 13.1. The molecule has 7 heteroatoms. The van der Waals surface area contributed by atoms with E-state index in [4.69, 9.17) is 4.84 Å². The van der Waals surface area contributed by atoms with Crippen molar-refractivity contribution in [2.24, 2.45) is 10.6 Å². The maximum Gasteiger partial charge on any atom is 0.364 e. The molecule has 0 bridgehead atoms. The molecule has 6 nitrogen and oxygen atoms in total. The largest absolute Gasteiger partial charge is 0.478 e. The second-order valence-electron chi connectivity index (χ2n) is 5.12. The minimum absolute atomic E-state index is 0.193. The van der Waals surface area contributed by atoms with Gasteiger partial charge in [-0.25, -0.2) is 14.0 Å². The Morgan fingerprint density at radius 3 is 2.05 bits per heavy atom. The van der Waals surface area contributed by atoms with Crippen LogP contribution >= 0.6 is 0 Å². The van der Waals surface area contributed by atoms with E-state index in [-0.39, 0.29) is 18.6 Å². The highest BCUT2D eigenvalue weighted by atomic mass is 19.1. The number of nitrogens with zero attached hydrogens (tertiary/aromatic N) is 1. The minimum Gasteiger partial charge on any atom is -0.478 e. The van der Waals surface area contributed by atoms with E-state index in [9.17, 15) is 24.2 Å². The summed E-state index contributed by atoms with van der Waals surface area (Å²) in [5.41, 5.74) is -3.18. The van der Waals surface area contributed by atoms with Crippen molar-refractivity contribution in [3.8, 4) is 0 Å². The van der Waals surface area contributed by atoms with Crippen LogP contribution in [0.2, 0.25) is 0 Å². The molecule has 0 amide bonds. The molecule has 0 saturated heterocycles. The van der Waals surface area contributed by atoms with Crippen LogP contribution in [0, 0.1) is 11.2 Å². The van der Waals surface area contributed by atoms with Gasteiger partial charge in [-0.15, -0.1) is 0 Å². The van der Waals surface area contributed by atoms with Gasteiger partial charge in [-0.2, -0.15) is 0 Å². The maximum atomic E-state index is 13.1. The highest BCUT2D eigenvalue weighted by Gasteiger charge is 2.70. The van der Waals surface area contributed by atoms with Crippen LogP contribution in [-0.4, -0.2) is 33.5 Å². The number of rotatable bonds is 5. The van der Waals surface area contributed by atoms with Crippen molar-refractivity contribution in [3.05, 3.63) is 35.6 Å². The van der Waals surface area contributed by atoms with Crippen molar-refractivity contribution in [1.82, 2.24) is 0 Å². The molecule has 0 aliphatic carbocycles. The molecule has 0 aromatic heterocycles. The topological polar surface area (TPSA) is 96.2 Å². The lowest BCUT2D eigenvalue weighted by Crippen LogP contribution is -2.60. The Hall–Kier alpha value is -2.44. The van der Waals surface area contributed by atoms with Crippen LogP contribution in [0.25, 0.3) is 0 Å². The molecule has 0 radical (unpaired) electrons. The van der Waals surface area contributed by atoms with Crippen LogP contribution in [-0.2, 0) is 14.4 Å². The quantitative estimate of drug-likeness (QED) is 0.813. The number of carboxylic acids is 2. The van der Waals surface area contributed by atoms with E-state index >= 15 is 0 Å². The summed E-state index contributed by atoms with van der Waals surface area (Å²) < 4.78 is 13.1. The SMILES string of the molecule is CCC1(CC)C(c2ccc(F)cc2)=NOC1(C(=O)O)C(=O)O. The van der Waals surface area contributed by atoms with Gasteiger partial charge >= 0.3 is 17.5 Å². The standard InChI is InChI=1S/C15H16FNO5/c1-3-14(4-2)11(9-5-7-10(16)8-6-9)17-22-15(14,12(18)19)13(20)21/h5-8H,3-4H2,1-2H3,(H,18,19)(H,20,21). The molecule has 0 fully saturated rings. The summed E-state index contributed by atoms with van der Waals surface area (Å²) in [5.74, 6) is -3.67. The molecule has 0 saturated carbocycles. The predicted molar refractivity (Wildman–Crippen MR) is 75.0 cm³/mol. The smallest absolute Gasteiger partial charge is 0.364 e. The molecule has 2 rings (SSSR count). The third-order valence-electron chi connectivity index (χ3n) is 4.33. The van der Waals surface area contributed by atoms with Gasteiger partial charge in [0, 0.05) is 5.56 Å².